The summed E-state index contributed by atoms with van der Waals surface area (Å²) in [6.07, 6.45) is 6.77. The Morgan fingerprint density at radius 1 is 1.10 bits per heavy atom. The molecule has 0 saturated heterocycles. The minimum atomic E-state index is -0.922. The molecule has 0 spiro atoms. The number of rotatable bonds is 7. The third kappa shape index (κ3) is 4.31. The highest BCUT2D eigenvalue weighted by molar-refractivity contribution is 5.92. The van der Waals surface area contributed by atoms with Crippen LogP contribution in [0, 0.1) is 5.92 Å². The van der Waals surface area contributed by atoms with E-state index in [1.54, 1.807) is 6.07 Å². The molecule has 2 N–H and O–H groups in total. The summed E-state index contributed by atoms with van der Waals surface area (Å²) < 4.78 is 1.87. The zero-order valence-electron chi connectivity index (χ0n) is 16.3. The lowest BCUT2D eigenvalue weighted by Crippen LogP contribution is -2.34. The van der Waals surface area contributed by atoms with Crippen LogP contribution in [0.5, 0.6) is 0 Å². The fourth-order valence-corrected chi connectivity index (χ4v) is 4.12. The minimum absolute atomic E-state index is 0.0632. The number of nitrogens with one attached hydrogen (secondary N) is 1. The quantitative estimate of drug-likeness (QED) is 0.641. The molecule has 1 heterocycles. The van der Waals surface area contributed by atoms with Crippen LogP contribution in [-0.2, 0) is 11.2 Å². The van der Waals surface area contributed by atoms with Crippen LogP contribution >= 0.6 is 0 Å². The van der Waals surface area contributed by atoms with E-state index >= 15 is 0 Å². The lowest BCUT2D eigenvalue weighted by molar-refractivity contribution is -0.141. The summed E-state index contributed by atoms with van der Waals surface area (Å²) in [4.78, 5) is 24.3. The molecule has 150 valence electrons. The SMILES string of the molecule is O=C(NCC(Cc1cccc2ccccc12)C(=O)O)c1ccn(C2CCCC2)n1. The third-order valence-electron chi connectivity index (χ3n) is 5.74. The van der Waals surface area contributed by atoms with Gasteiger partial charge in [0.2, 0.25) is 0 Å². The number of amides is 1. The van der Waals surface area contributed by atoms with Crippen LogP contribution in [0.4, 0.5) is 0 Å². The van der Waals surface area contributed by atoms with Crippen LogP contribution in [0.15, 0.2) is 54.7 Å². The van der Waals surface area contributed by atoms with E-state index in [0.717, 1.165) is 29.2 Å². The number of carbonyl (C=O) groups excluding carboxylic acids is 1. The molecule has 0 bridgehead atoms. The van der Waals surface area contributed by atoms with Crippen LogP contribution in [0.2, 0.25) is 0 Å². The summed E-state index contributed by atoms with van der Waals surface area (Å²) in [5.74, 6) is -1.96. The van der Waals surface area contributed by atoms with E-state index in [1.165, 1.54) is 12.8 Å². The van der Waals surface area contributed by atoms with Crippen molar-refractivity contribution < 1.29 is 14.7 Å². The first-order chi connectivity index (χ1) is 14.1. The molecule has 1 fully saturated rings. The number of aliphatic carboxylic acids is 1. The van der Waals surface area contributed by atoms with E-state index in [4.69, 9.17) is 0 Å². The zero-order chi connectivity index (χ0) is 20.2. The average Bonchev–Trinajstić information content (AvgIpc) is 3.42. The lowest BCUT2D eigenvalue weighted by Gasteiger charge is -2.15. The maximum atomic E-state index is 12.5. The minimum Gasteiger partial charge on any atom is -0.481 e. The van der Waals surface area contributed by atoms with Gasteiger partial charge in [-0.25, -0.2) is 0 Å². The molecule has 29 heavy (non-hydrogen) atoms. The molecule has 1 aliphatic rings. The van der Waals surface area contributed by atoms with Gasteiger partial charge in [0, 0.05) is 12.7 Å². The maximum Gasteiger partial charge on any atom is 0.308 e. The molecular weight excluding hydrogens is 366 g/mol. The van der Waals surface area contributed by atoms with Crippen molar-refractivity contribution in [2.45, 2.75) is 38.1 Å². The van der Waals surface area contributed by atoms with Gasteiger partial charge in [0.1, 0.15) is 5.69 Å². The molecule has 1 aliphatic carbocycles. The number of aromatic nitrogens is 2. The number of hydrogen-bond donors (Lipinski definition) is 2. The number of carboxylic acids is 1. The van der Waals surface area contributed by atoms with Crippen molar-refractivity contribution in [1.82, 2.24) is 15.1 Å². The van der Waals surface area contributed by atoms with Gasteiger partial charge in [0.15, 0.2) is 0 Å². The number of fused-ring (bicyclic) bond motifs is 1. The van der Waals surface area contributed by atoms with Gasteiger partial charge in [-0.05, 0) is 41.7 Å². The second-order valence-electron chi connectivity index (χ2n) is 7.71. The Labute approximate surface area is 169 Å². The van der Waals surface area contributed by atoms with Crippen LogP contribution in [0.25, 0.3) is 10.8 Å². The number of hydrogen-bond acceptors (Lipinski definition) is 3. The summed E-state index contributed by atoms with van der Waals surface area (Å²) in [6, 6.07) is 15.9. The van der Waals surface area contributed by atoms with Crippen LogP contribution in [0.1, 0.15) is 47.8 Å². The molecule has 0 radical (unpaired) electrons. The van der Waals surface area contributed by atoms with Crippen molar-refractivity contribution >= 4 is 22.6 Å². The predicted octanol–water partition coefficient (Wildman–Crippen LogP) is 3.82. The maximum absolute atomic E-state index is 12.5. The van der Waals surface area contributed by atoms with Gasteiger partial charge < -0.3 is 10.4 Å². The second-order valence-corrected chi connectivity index (χ2v) is 7.71. The Morgan fingerprint density at radius 2 is 1.86 bits per heavy atom. The monoisotopic (exact) mass is 391 g/mol. The standard InChI is InChI=1S/C23H25N3O3/c27-22(21-12-13-26(25-21)19-9-2-3-10-19)24-15-18(23(28)29)14-17-8-5-7-16-6-1-4-11-20(16)17/h1,4-8,11-13,18-19H,2-3,9-10,14-15H2,(H,24,27)(H,28,29). The van der Waals surface area contributed by atoms with Gasteiger partial charge >= 0.3 is 5.97 Å². The third-order valence-corrected chi connectivity index (χ3v) is 5.74. The summed E-state index contributed by atoms with van der Waals surface area (Å²) in [6.45, 7) is 0.0632. The molecule has 1 saturated carbocycles. The number of carboxylic acid groups (broad SMARTS) is 1. The topological polar surface area (TPSA) is 84.2 Å². The van der Waals surface area contributed by atoms with Gasteiger partial charge in [0.25, 0.3) is 5.91 Å². The highest BCUT2D eigenvalue weighted by Gasteiger charge is 2.22. The Balaban J connectivity index is 1.42. The summed E-state index contributed by atoms with van der Waals surface area (Å²) in [5, 5.41) is 18.9. The molecule has 6 heteroatoms. The van der Waals surface area contributed by atoms with Crippen LogP contribution < -0.4 is 5.32 Å². The van der Waals surface area contributed by atoms with E-state index in [9.17, 15) is 14.7 Å². The normalized spacial score (nSPS) is 15.4. The molecule has 3 aromatic rings. The summed E-state index contributed by atoms with van der Waals surface area (Å²) >= 11 is 0. The first-order valence-electron chi connectivity index (χ1n) is 10.1. The second kappa shape index (κ2) is 8.47. The smallest absolute Gasteiger partial charge is 0.308 e. The van der Waals surface area contributed by atoms with Crippen LogP contribution in [-0.4, -0.2) is 33.3 Å². The molecule has 4 rings (SSSR count). The fraction of sp³-hybridized carbons (Fsp3) is 0.348. The first kappa shape index (κ1) is 19.2. The molecule has 1 atom stereocenters. The Kier molecular flexibility index (Phi) is 5.60. The fourth-order valence-electron chi connectivity index (χ4n) is 4.12. The van der Waals surface area contributed by atoms with E-state index in [1.807, 2.05) is 53.3 Å². The highest BCUT2D eigenvalue weighted by atomic mass is 16.4. The number of carbonyl (C=O) groups is 2. The first-order valence-corrected chi connectivity index (χ1v) is 10.1. The van der Waals surface area contributed by atoms with Crippen molar-refractivity contribution in [3.05, 3.63) is 66.0 Å². The van der Waals surface area contributed by atoms with E-state index < -0.39 is 11.9 Å². The summed E-state index contributed by atoms with van der Waals surface area (Å²) in [5.41, 5.74) is 1.31. The molecule has 0 aliphatic heterocycles. The molecule has 1 amide bonds. The predicted molar refractivity (Wildman–Crippen MR) is 111 cm³/mol. The molecular formula is C23H25N3O3. The molecule has 2 aromatic carbocycles. The van der Waals surface area contributed by atoms with E-state index in [-0.39, 0.29) is 12.5 Å². The van der Waals surface area contributed by atoms with Gasteiger partial charge in [-0.1, -0.05) is 55.3 Å². The zero-order valence-corrected chi connectivity index (χ0v) is 16.3. The Morgan fingerprint density at radius 3 is 2.66 bits per heavy atom. The van der Waals surface area contributed by atoms with Gasteiger partial charge in [0.05, 0.1) is 12.0 Å². The number of nitrogens with zero attached hydrogens (tertiary/aromatic N) is 2. The van der Waals surface area contributed by atoms with Crippen molar-refractivity contribution in [3.63, 3.8) is 0 Å². The van der Waals surface area contributed by atoms with Crippen LogP contribution in [0.3, 0.4) is 0 Å². The van der Waals surface area contributed by atoms with Gasteiger partial charge in [-0.3, -0.25) is 14.3 Å². The van der Waals surface area contributed by atoms with Crippen molar-refractivity contribution in [1.29, 1.82) is 0 Å². The van der Waals surface area contributed by atoms with Crippen molar-refractivity contribution in [3.8, 4) is 0 Å². The van der Waals surface area contributed by atoms with Gasteiger partial charge in [-0.15, -0.1) is 0 Å². The van der Waals surface area contributed by atoms with Gasteiger partial charge in [-0.2, -0.15) is 5.10 Å². The van der Waals surface area contributed by atoms with E-state index in [2.05, 4.69) is 10.4 Å². The summed E-state index contributed by atoms with van der Waals surface area (Å²) in [7, 11) is 0. The van der Waals surface area contributed by atoms with Crippen molar-refractivity contribution in [2.75, 3.05) is 6.54 Å². The Hall–Kier alpha value is -3.15. The average molecular weight is 391 g/mol. The number of benzene rings is 2. The highest BCUT2D eigenvalue weighted by Crippen LogP contribution is 2.28. The lowest BCUT2D eigenvalue weighted by atomic mass is 9.95. The largest absolute Gasteiger partial charge is 0.481 e. The molecule has 6 nitrogen and oxygen atoms in total. The molecule has 1 unspecified atom stereocenters. The Bertz CT molecular complexity index is 1020. The molecule has 1 aromatic heterocycles. The van der Waals surface area contributed by atoms with E-state index in [0.29, 0.717) is 18.2 Å². The van der Waals surface area contributed by atoms with Crippen molar-refractivity contribution in [2.24, 2.45) is 5.92 Å².